The lowest BCUT2D eigenvalue weighted by atomic mass is 10.0. The molecule has 0 unspecified atom stereocenters. The van der Waals surface area contributed by atoms with Crippen molar-refractivity contribution in [2.45, 2.75) is 12.6 Å². The molecule has 5 rings (SSSR count). The van der Waals surface area contributed by atoms with Crippen LogP contribution in [0.15, 0.2) is 72.9 Å². The molecule has 1 fully saturated rings. The fourth-order valence-electron chi connectivity index (χ4n) is 4.21. The molecule has 3 heterocycles. The lowest BCUT2D eigenvalue weighted by Gasteiger charge is -2.28. The van der Waals surface area contributed by atoms with Gasteiger partial charge in [-0.3, -0.25) is 4.79 Å². The van der Waals surface area contributed by atoms with Crippen LogP contribution < -0.4 is 10.2 Å². The van der Waals surface area contributed by atoms with E-state index < -0.39 is 11.7 Å². The topological polar surface area (TPSA) is 67.4 Å². The van der Waals surface area contributed by atoms with E-state index in [0.29, 0.717) is 41.2 Å². The zero-order valence-electron chi connectivity index (χ0n) is 19.3. The van der Waals surface area contributed by atoms with Gasteiger partial charge in [-0.2, -0.15) is 13.2 Å². The number of alkyl halides is 3. The first-order valence-electron chi connectivity index (χ1n) is 11.5. The summed E-state index contributed by atoms with van der Waals surface area (Å²) in [7, 11) is 0. The van der Waals surface area contributed by atoms with Gasteiger partial charge in [0.1, 0.15) is 5.82 Å². The second kappa shape index (κ2) is 9.94. The number of nitrogens with zero attached hydrogens (tertiary/aromatic N) is 3. The molecule has 0 radical (unpaired) electrons. The van der Waals surface area contributed by atoms with Gasteiger partial charge in [-0.1, -0.05) is 36.4 Å². The summed E-state index contributed by atoms with van der Waals surface area (Å²) < 4.78 is 44.9. The van der Waals surface area contributed by atoms with E-state index in [-0.39, 0.29) is 12.3 Å². The second-order valence-electron chi connectivity index (χ2n) is 8.49. The molecule has 1 saturated heterocycles. The van der Waals surface area contributed by atoms with Crippen molar-refractivity contribution in [1.29, 1.82) is 0 Å². The highest BCUT2D eigenvalue weighted by molar-refractivity contribution is 5.95. The molecule has 1 aliphatic rings. The molecule has 0 spiro atoms. The molecule has 0 aliphatic carbocycles. The van der Waals surface area contributed by atoms with E-state index in [4.69, 9.17) is 4.74 Å². The molecule has 184 valence electrons. The van der Waals surface area contributed by atoms with E-state index in [9.17, 15) is 18.0 Å². The minimum absolute atomic E-state index is 0.0611. The van der Waals surface area contributed by atoms with Crippen molar-refractivity contribution in [3.05, 3.63) is 84.1 Å². The number of carbonyl (C=O) groups is 1. The standard InChI is InChI=1S/C27H23F3N4O2/c28-27(29,30)21-6-2-4-19(15-21)23-8-7-18-3-1-5-20(26(18)33-23)16-25(35)32-22-9-10-31-24(17-22)34-11-13-36-14-12-34/h1-10,15,17H,11-14,16H2,(H,31,32,35). The molecule has 0 atom stereocenters. The Morgan fingerprint density at radius 2 is 1.81 bits per heavy atom. The maximum absolute atomic E-state index is 13.2. The number of fused-ring (bicyclic) bond motifs is 1. The Hall–Kier alpha value is -3.98. The predicted octanol–water partition coefficient (Wildman–Crippen LogP) is 5.33. The van der Waals surface area contributed by atoms with Gasteiger partial charge in [0.15, 0.2) is 0 Å². The quantitative estimate of drug-likeness (QED) is 0.408. The highest BCUT2D eigenvalue weighted by Crippen LogP contribution is 2.32. The number of anilines is 2. The van der Waals surface area contributed by atoms with Crippen LogP contribution in [0.3, 0.4) is 0 Å². The fourth-order valence-corrected chi connectivity index (χ4v) is 4.21. The number of amides is 1. The van der Waals surface area contributed by atoms with Crippen molar-refractivity contribution in [3.8, 4) is 11.3 Å². The van der Waals surface area contributed by atoms with Crippen LogP contribution in [0, 0.1) is 0 Å². The Morgan fingerprint density at radius 3 is 2.61 bits per heavy atom. The van der Waals surface area contributed by atoms with Crippen molar-refractivity contribution in [2.75, 3.05) is 36.5 Å². The van der Waals surface area contributed by atoms with E-state index in [0.717, 1.165) is 36.4 Å². The van der Waals surface area contributed by atoms with Crippen molar-refractivity contribution in [3.63, 3.8) is 0 Å². The van der Waals surface area contributed by atoms with Gasteiger partial charge in [-0.05, 0) is 29.8 Å². The van der Waals surface area contributed by atoms with Gasteiger partial charge in [0.25, 0.3) is 0 Å². The minimum atomic E-state index is -4.44. The Labute approximate surface area is 205 Å². The van der Waals surface area contributed by atoms with Gasteiger partial charge in [0, 0.05) is 42.0 Å². The van der Waals surface area contributed by atoms with Crippen molar-refractivity contribution in [1.82, 2.24) is 9.97 Å². The smallest absolute Gasteiger partial charge is 0.378 e. The van der Waals surface area contributed by atoms with Crippen LogP contribution in [0.2, 0.25) is 0 Å². The number of halogens is 3. The lowest BCUT2D eigenvalue weighted by molar-refractivity contribution is -0.137. The van der Waals surface area contributed by atoms with Crippen LogP contribution in [0.5, 0.6) is 0 Å². The minimum Gasteiger partial charge on any atom is -0.378 e. The summed E-state index contributed by atoms with van der Waals surface area (Å²) in [5.74, 6) is 0.543. The molecule has 0 bridgehead atoms. The molecule has 2 aromatic carbocycles. The lowest BCUT2D eigenvalue weighted by Crippen LogP contribution is -2.36. The van der Waals surface area contributed by atoms with E-state index in [1.54, 1.807) is 36.5 Å². The average Bonchev–Trinajstić information content (AvgIpc) is 2.89. The van der Waals surface area contributed by atoms with Crippen molar-refractivity contribution in [2.24, 2.45) is 0 Å². The molecule has 6 nitrogen and oxygen atoms in total. The van der Waals surface area contributed by atoms with Crippen molar-refractivity contribution < 1.29 is 22.7 Å². The van der Waals surface area contributed by atoms with E-state index >= 15 is 0 Å². The number of ether oxygens (including phenoxy) is 1. The summed E-state index contributed by atoms with van der Waals surface area (Å²) in [6.45, 7) is 2.74. The number of hydrogen-bond acceptors (Lipinski definition) is 5. The summed E-state index contributed by atoms with van der Waals surface area (Å²) in [6.07, 6.45) is -2.72. The summed E-state index contributed by atoms with van der Waals surface area (Å²) in [5.41, 5.74) is 1.93. The number of benzene rings is 2. The molecule has 36 heavy (non-hydrogen) atoms. The summed E-state index contributed by atoms with van der Waals surface area (Å²) in [5, 5.41) is 3.72. The van der Waals surface area contributed by atoms with Crippen LogP contribution in [-0.4, -0.2) is 42.2 Å². The predicted molar refractivity (Wildman–Crippen MR) is 132 cm³/mol. The monoisotopic (exact) mass is 492 g/mol. The average molecular weight is 493 g/mol. The van der Waals surface area contributed by atoms with Crippen LogP contribution in [0.4, 0.5) is 24.7 Å². The normalized spacial score (nSPS) is 14.1. The Morgan fingerprint density at radius 1 is 1.00 bits per heavy atom. The third-order valence-electron chi connectivity index (χ3n) is 6.00. The van der Waals surface area contributed by atoms with E-state index in [2.05, 4.69) is 20.2 Å². The van der Waals surface area contributed by atoms with Crippen LogP contribution in [-0.2, 0) is 22.1 Å². The number of aromatic nitrogens is 2. The molecule has 9 heteroatoms. The number of rotatable bonds is 5. The van der Waals surface area contributed by atoms with Gasteiger partial charge in [-0.15, -0.1) is 0 Å². The Kier molecular flexibility index (Phi) is 6.56. The number of pyridine rings is 2. The SMILES string of the molecule is O=C(Cc1cccc2ccc(-c3cccc(C(F)(F)F)c3)nc12)Nc1ccnc(N2CCOCC2)c1. The van der Waals surface area contributed by atoms with Crippen LogP contribution in [0.1, 0.15) is 11.1 Å². The molecule has 1 N–H and O–H groups in total. The highest BCUT2D eigenvalue weighted by Gasteiger charge is 2.30. The zero-order chi connectivity index (χ0) is 25.1. The number of hydrogen-bond donors (Lipinski definition) is 1. The maximum atomic E-state index is 13.2. The Balaban J connectivity index is 1.37. The maximum Gasteiger partial charge on any atom is 0.416 e. The number of morpholine rings is 1. The Bertz CT molecular complexity index is 1400. The number of nitrogens with one attached hydrogen (secondary N) is 1. The molecule has 1 aliphatic heterocycles. The van der Waals surface area contributed by atoms with Gasteiger partial charge in [0.05, 0.1) is 36.4 Å². The molecule has 2 aromatic heterocycles. The second-order valence-corrected chi connectivity index (χ2v) is 8.49. The summed E-state index contributed by atoms with van der Waals surface area (Å²) in [4.78, 5) is 24.0. The largest absolute Gasteiger partial charge is 0.416 e. The van der Waals surface area contributed by atoms with Gasteiger partial charge in [-0.25, -0.2) is 9.97 Å². The third kappa shape index (κ3) is 5.31. The molecular weight excluding hydrogens is 469 g/mol. The number of carbonyl (C=O) groups excluding carboxylic acids is 1. The first-order chi connectivity index (χ1) is 17.4. The number of para-hydroxylation sites is 1. The molecule has 1 amide bonds. The fraction of sp³-hybridized carbons (Fsp3) is 0.222. The van der Waals surface area contributed by atoms with Crippen LogP contribution >= 0.6 is 0 Å². The molecular formula is C27H23F3N4O2. The summed E-state index contributed by atoms with van der Waals surface area (Å²) in [6, 6.07) is 17.6. The van der Waals surface area contributed by atoms with Gasteiger partial charge < -0.3 is 15.0 Å². The first kappa shape index (κ1) is 23.7. The molecule has 4 aromatic rings. The van der Waals surface area contributed by atoms with Gasteiger partial charge >= 0.3 is 6.18 Å². The third-order valence-corrected chi connectivity index (χ3v) is 6.00. The summed E-state index contributed by atoms with van der Waals surface area (Å²) >= 11 is 0. The van der Waals surface area contributed by atoms with Crippen molar-refractivity contribution >= 4 is 28.3 Å². The van der Waals surface area contributed by atoms with Gasteiger partial charge in [0.2, 0.25) is 5.91 Å². The molecule has 0 saturated carbocycles. The van der Waals surface area contributed by atoms with E-state index in [1.165, 1.54) is 6.07 Å². The zero-order valence-corrected chi connectivity index (χ0v) is 19.3. The van der Waals surface area contributed by atoms with E-state index in [1.807, 2.05) is 18.2 Å². The van der Waals surface area contributed by atoms with Crippen LogP contribution in [0.25, 0.3) is 22.2 Å². The first-order valence-corrected chi connectivity index (χ1v) is 11.5. The highest BCUT2D eigenvalue weighted by atomic mass is 19.4.